The summed E-state index contributed by atoms with van der Waals surface area (Å²) >= 11 is 1.53. The van der Waals surface area contributed by atoms with Crippen LogP contribution in [0, 0.1) is 0 Å². The van der Waals surface area contributed by atoms with Crippen LogP contribution in [-0.2, 0) is 27.4 Å². The molecule has 1 N–H and O–H groups in total. The van der Waals surface area contributed by atoms with Gasteiger partial charge in [0.25, 0.3) is 0 Å². The number of carbonyl (C=O) groups is 2. The standard InChI is InChI=1S/C23H24N6O3S/c1-32-13-12-25-23(31)22(17-8-10-24-11-9-17)28(15-18-5-4-14-33-18)21(30)16-29-20-7-3-2-6-19(20)26-27-29/h2-11,14,22H,12-13,15-16H2,1H3,(H,25,31)/t22-/m1/s1. The predicted molar refractivity (Wildman–Crippen MR) is 124 cm³/mol. The molecule has 0 fully saturated rings. The van der Waals surface area contributed by atoms with Gasteiger partial charge in [-0.1, -0.05) is 23.4 Å². The van der Waals surface area contributed by atoms with Gasteiger partial charge in [0.15, 0.2) is 0 Å². The minimum Gasteiger partial charge on any atom is -0.383 e. The van der Waals surface area contributed by atoms with E-state index in [1.807, 2.05) is 41.8 Å². The monoisotopic (exact) mass is 464 g/mol. The Balaban J connectivity index is 1.68. The maximum Gasteiger partial charge on any atom is 0.247 e. The number of amides is 2. The third-order valence-corrected chi connectivity index (χ3v) is 5.98. The highest BCUT2D eigenvalue weighted by molar-refractivity contribution is 7.09. The first-order valence-electron chi connectivity index (χ1n) is 10.4. The summed E-state index contributed by atoms with van der Waals surface area (Å²) < 4.78 is 6.62. The molecule has 170 valence electrons. The third kappa shape index (κ3) is 5.41. The summed E-state index contributed by atoms with van der Waals surface area (Å²) in [4.78, 5) is 33.6. The van der Waals surface area contributed by atoms with Crippen LogP contribution in [0.1, 0.15) is 16.5 Å². The molecule has 3 heterocycles. The first-order valence-corrected chi connectivity index (χ1v) is 11.3. The summed E-state index contributed by atoms with van der Waals surface area (Å²) in [5, 5.41) is 13.1. The molecule has 0 radical (unpaired) electrons. The Morgan fingerprint density at radius 2 is 1.97 bits per heavy atom. The minimum absolute atomic E-state index is 0.0428. The molecule has 1 aromatic carbocycles. The van der Waals surface area contributed by atoms with E-state index in [0.717, 1.165) is 10.4 Å². The van der Waals surface area contributed by atoms with Crippen molar-refractivity contribution in [3.63, 3.8) is 0 Å². The summed E-state index contributed by atoms with van der Waals surface area (Å²) in [7, 11) is 1.57. The molecule has 33 heavy (non-hydrogen) atoms. The number of methoxy groups -OCH3 is 1. The lowest BCUT2D eigenvalue weighted by Crippen LogP contribution is -2.45. The third-order valence-electron chi connectivity index (χ3n) is 5.12. The summed E-state index contributed by atoms with van der Waals surface area (Å²) in [5.41, 5.74) is 2.14. The van der Waals surface area contributed by atoms with Gasteiger partial charge in [-0.2, -0.15) is 0 Å². The van der Waals surface area contributed by atoms with Crippen molar-refractivity contribution in [3.8, 4) is 0 Å². The Bertz CT molecular complexity index is 1200. The lowest BCUT2D eigenvalue weighted by molar-refractivity contribution is -0.142. The van der Waals surface area contributed by atoms with Crippen LogP contribution in [0.5, 0.6) is 0 Å². The van der Waals surface area contributed by atoms with Gasteiger partial charge in [0.1, 0.15) is 18.1 Å². The van der Waals surface area contributed by atoms with Crippen molar-refractivity contribution >= 4 is 34.2 Å². The minimum atomic E-state index is -0.839. The van der Waals surface area contributed by atoms with Crippen LogP contribution < -0.4 is 5.32 Å². The second-order valence-electron chi connectivity index (χ2n) is 7.30. The van der Waals surface area contributed by atoms with Crippen molar-refractivity contribution in [2.75, 3.05) is 20.3 Å². The number of para-hydroxylation sites is 1. The van der Waals surface area contributed by atoms with Gasteiger partial charge in [-0.3, -0.25) is 14.6 Å². The quantitative estimate of drug-likeness (QED) is 0.362. The van der Waals surface area contributed by atoms with Crippen LogP contribution in [-0.4, -0.2) is 57.0 Å². The lowest BCUT2D eigenvalue weighted by atomic mass is 10.1. The van der Waals surface area contributed by atoms with Crippen molar-refractivity contribution in [3.05, 3.63) is 76.7 Å². The Kier molecular flexibility index (Phi) is 7.38. The van der Waals surface area contributed by atoms with Gasteiger partial charge in [0, 0.05) is 30.9 Å². The Labute approximate surface area is 195 Å². The van der Waals surface area contributed by atoms with Crippen molar-refractivity contribution in [1.82, 2.24) is 30.2 Å². The van der Waals surface area contributed by atoms with Crippen LogP contribution in [0.3, 0.4) is 0 Å². The van der Waals surface area contributed by atoms with Gasteiger partial charge in [0.05, 0.1) is 18.7 Å². The van der Waals surface area contributed by atoms with Crippen LogP contribution in [0.4, 0.5) is 0 Å². The number of ether oxygens (including phenoxy) is 1. The normalized spacial score (nSPS) is 11.9. The molecule has 0 spiro atoms. The zero-order valence-electron chi connectivity index (χ0n) is 18.1. The first-order chi connectivity index (χ1) is 16.2. The van der Waals surface area contributed by atoms with Crippen molar-refractivity contribution in [1.29, 1.82) is 0 Å². The summed E-state index contributed by atoms with van der Waals surface area (Å²) in [6.45, 7) is 0.955. The first kappa shape index (κ1) is 22.6. The van der Waals surface area contributed by atoms with E-state index >= 15 is 0 Å². The molecule has 1 atom stereocenters. The highest BCUT2D eigenvalue weighted by Gasteiger charge is 2.32. The van der Waals surface area contributed by atoms with E-state index < -0.39 is 6.04 Å². The van der Waals surface area contributed by atoms with E-state index in [4.69, 9.17) is 4.74 Å². The molecule has 10 heteroatoms. The molecule has 2 amide bonds. The van der Waals surface area contributed by atoms with Crippen LogP contribution >= 0.6 is 11.3 Å². The topological polar surface area (TPSA) is 102 Å². The molecule has 4 aromatic rings. The van der Waals surface area contributed by atoms with Gasteiger partial charge < -0.3 is 15.0 Å². The summed E-state index contributed by atoms with van der Waals surface area (Å²) in [5.74, 6) is -0.533. The van der Waals surface area contributed by atoms with Crippen LogP contribution in [0.25, 0.3) is 11.0 Å². The van der Waals surface area contributed by atoms with Gasteiger partial charge >= 0.3 is 0 Å². The molecule has 4 rings (SSSR count). The van der Waals surface area contributed by atoms with Crippen molar-refractivity contribution in [2.24, 2.45) is 0 Å². The van der Waals surface area contributed by atoms with Crippen LogP contribution in [0.2, 0.25) is 0 Å². The fraction of sp³-hybridized carbons (Fsp3) is 0.261. The largest absolute Gasteiger partial charge is 0.383 e. The zero-order valence-corrected chi connectivity index (χ0v) is 18.9. The number of nitrogens with zero attached hydrogens (tertiary/aromatic N) is 5. The molecule has 0 bridgehead atoms. The Hall–Kier alpha value is -3.63. The molecule has 0 unspecified atom stereocenters. The van der Waals surface area contributed by atoms with E-state index in [9.17, 15) is 9.59 Å². The SMILES string of the molecule is COCCNC(=O)[C@@H](c1ccncc1)N(Cc1cccs1)C(=O)Cn1nnc2ccccc21. The number of benzene rings is 1. The molecule has 0 saturated heterocycles. The fourth-order valence-electron chi connectivity index (χ4n) is 3.54. The summed E-state index contributed by atoms with van der Waals surface area (Å²) in [6.07, 6.45) is 3.23. The predicted octanol–water partition coefficient (Wildman–Crippen LogP) is 2.42. The van der Waals surface area contributed by atoms with E-state index in [0.29, 0.717) is 24.2 Å². The highest BCUT2D eigenvalue weighted by Crippen LogP contribution is 2.25. The fourth-order valence-corrected chi connectivity index (χ4v) is 4.24. The molecule has 0 saturated carbocycles. The molecule has 0 aliphatic rings. The van der Waals surface area contributed by atoms with Crippen LogP contribution in [0.15, 0.2) is 66.3 Å². The second-order valence-corrected chi connectivity index (χ2v) is 8.34. The maximum absolute atomic E-state index is 13.7. The summed E-state index contributed by atoms with van der Waals surface area (Å²) in [6, 6.07) is 14.0. The van der Waals surface area contributed by atoms with Crippen molar-refractivity contribution < 1.29 is 14.3 Å². The molecule has 0 aliphatic carbocycles. The Morgan fingerprint density at radius 3 is 2.73 bits per heavy atom. The number of hydrogen-bond acceptors (Lipinski definition) is 7. The molecule has 9 nitrogen and oxygen atoms in total. The number of carbonyl (C=O) groups excluding carboxylic acids is 2. The second kappa shape index (κ2) is 10.8. The van der Waals surface area contributed by atoms with E-state index in [-0.39, 0.29) is 24.9 Å². The van der Waals surface area contributed by atoms with Gasteiger partial charge in [-0.15, -0.1) is 16.4 Å². The smallest absolute Gasteiger partial charge is 0.247 e. The number of hydrogen-bond donors (Lipinski definition) is 1. The number of fused-ring (bicyclic) bond motifs is 1. The number of thiophene rings is 1. The molecular formula is C23H24N6O3S. The average molecular weight is 465 g/mol. The van der Waals surface area contributed by atoms with Gasteiger partial charge in [-0.25, -0.2) is 4.68 Å². The van der Waals surface area contributed by atoms with Gasteiger partial charge in [-0.05, 0) is 41.3 Å². The number of pyridine rings is 1. The van der Waals surface area contributed by atoms with E-state index in [2.05, 4.69) is 20.6 Å². The van der Waals surface area contributed by atoms with E-state index in [1.165, 1.54) is 11.3 Å². The number of rotatable bonds is 10. The molecule has 3 aromatic heterocycles. The lowest BCUT2D eigenvalue weighted by Gasteiger charge is -2.31. The highest BCUT2D eigenvalue weighted by atomic mass is 32.1. The maximum atomic E-state index is 13.7. The molecular weight excluding hydrogens is 440 g/mol. The Morgan fingerprint density at radius 1 is 1.15 bits per heavy atom. The van der Waals surface area contributed by atoms with E-state index in [1.54, 1.807) is 41.2 Å². The number of aromatic nitrogens is 4. The average Bonchev–Trinajstić information content (AvgIpc) is 3.50. The number of nitrogens with one attached hydrogen (secondary N) is 1. The molecule has 0 aliphatic heterocycles. The zero-order chi connectivity index (χ0) is 23.0. The van der Waals surface area contributed by atoms with Crippen molar-refractivity contribution in [2.45, 2.75) is 19.1 Å². The van der Waals surface area contributed by atoms with Gasteiger partial charge in [0.2, 0.25) is 11.8 Å².